The predicted molar refractivity (Wildman–Crippen MR) is 69.7 cm³/mol. The highest BCUT2D eigenvalue weighted by molar-refractivity contribution is 5.83. The molecule has 1 aromatic heterocycles. The molecule has 6 nitrogen and oxygen atoms in total. The molecule has 19 heavy (non-hydrogen) atoms. The molecule has 100 valence electrons. The third kappa shape index (κ3) is 2.57. The Bertz CT molecular complexity index is 606. The number of carbonyl (C=O) groups is 2. The van der Waals surface area contributed by atoms with Crippen LogP contribution in [0.4, 0.5) is 0 Å². The number of aromatic nitrogens is 2. The molecule has 0 bridgehead atoms. The van der Waals surface area contributed by atoms with Gasteiger partial charge in [-0.15, -0.1) is 0 Å². The van der Waals surface area contributed by atoms with E-state index in [0.717, 1.165) is 10.9 Å². The summed E-state index contributed by atoms with van der Waals surface area (Å²) in [5, 5.41) is 16.7. The minimum absolute atomic E-state index is 0.168. The molecule has 0 fully saturated rings. The summed E-state index contributed by atoms with van der Waals surface area (Å²) in [6, 6.07) is 6.69. The fourth-order valence-electron chi connectivity index (χ4n) is 2.08. The van der Waals surface area contributed by atoms with Crippen LogP contribution in [0.1, 0.15) is 12.6 Å². The SMILES string of the molecule is CCn1nc(CC(NC=O)C(=O)O)c2ccccc21. The number of carboxylic acids is 1. The van der Waals surface area contributed by atoms with Crippen LogP contribution in [-0.4, -0.2) is 33.3 Å². The molecule has 1 unspecified atom stereocenters. The van der Waals surface area contributed by atoms with Gasteiger partial charge in [0.15, 0.2) is 0 Å². The molecule has 0 aliphatic carbocycles. The number of hydrogen-bond acceptors (Lipinski definition) is 3. The average Bonchev–Trinajstić information content (AvgIpc) is 2.76. The van der Waals surface area contributed by atoms with E-state index in [1.54, 1.807) is 0 Å². The van der Waals surface area contributed by atoms with E-state index < -0.39 is 12.0 Å². The van der Waals surface area contributed by atoms with Gasteiger partial charge < -0.3 is 10.4 Å². The largest absolute Gasteiger partial charge is 0.480 e. The maximum Gasteiger partial charge on any atom is 0.326 e. The maximum atomic E-state index is 11.1. The fourth-order valence-corrected chi connectivity index (χ4v) is 2.08. The zero-order valence-electron chi connectivity index (χ0n) is 10.5. The van der Waals surface area contributed by atoms with Gasteiger partial charge in [0.25, 0.3) is 0 Å². The average molecular weight is 261 g/mol. The van der Waals surface area contributed by atoms with Gasteiger partial charge in [0, 0.05) is 18.4 Å². The van der Waals surface area contributed by atoms with E-state index in [-0.39, 0.29) is 6.42 Å². The normalized spacial score (nSPS) is 12.3. The van der Waals surface area contributed by atoms with Gasteiger partial charge in [0.2, 0.25) is 6.41 Å². The molecule has 2 aromatic rings. The number of nitrogens with one attached hydrogen (secondary N) is 1. The van der Waals surface area contributed by atoms with Crippen molar-refractivity contribution in [3.63, 3.8) is 0 Å². The first-order valence-corrected chi connectivity index (χ1v) is 6.04. The van der Waals surface area contributed by atoms with Gasteiger partial charge in [-0.1, -0.05) is 18.2 Å². The van der Waals surface area contributed by atoms with E-state index in [4.69, 9.17) is 5.11 Å². The van der Waals surface area contributed by atoms with E-state index >= 15 is 0 Å². The topological polar surface area (TPSA) is 84.2 Å². The minimum Gasteiger partial charge on any atom is -0.480 e. The number of rotatable bonds is 6. The van der Waals surface area contributed by atoms with Gasteiger partial charge in [0.1, 0.15) is 6.04 Å². The van der Waals surface area contributed by atoms with Gasteiger partial charge in [-0.25, -0.2) is 4.79 Å². The van der Waals surface area contributed by atoms with Crippen LogP contribution in [0, 0.1) is 0 Å². The molecule has 2 rings (SSSR count). The Morgan fingerprint density at radius 2 is 2.26 bits per heavy atom. The van der Waals surface area contributed by atoms with Crippen LogP contribution >= 0.6 is 0 Å². The third-order valence-electron chi connectivity index (χ3n) is 3.00. The number of para-hydroxylation sites is 1. The van der Waals surface area contributed by atoms with Crippen molar-refractivity contribution in [3.05, 3.63) is 30.0 Å². The van der Waals surface area contributed by atoms with E-state index in [9.17, 15) is 9.59 Å². The summed E-state index contributed by atoms with van der Waals surface area (Å²) in [6.45, 7) is 2.68. The molecule has 0 aliphatic heterocycles. The molecule has 0 radical (unpaired) electrons. The van der Waals surface area contributed by atoms with Crippen LogP contribution in [0.5, 0.6) is 0 Å². The first kappa shape index (κ1) is 13.1. The zero-order valence-corrected chi connectivity index (χ0v) is 10.5. The van der Waals surface area contributed by atoms with Crippen LogP contribution in [0.2, 0.25) is 0 Å². The number of fused-ring (bicyclic) bond motifs is 1. The Labute approximate surface area is 110 Å². The molecule has 1 amide bonds. The molecule has 0 spiro atoms. The second-order valence-electron chi connectivity index (χ2n) is 4.16. The lowest BCUT2D eigenvalue weighted by Crippen LogP contribution is -2.37. The Balaban J connectivity index is 2.39. The van der Waals surface area contributed by atoms with Crippen LogP contribution in [0.15, 0.2) is 24.3 Å². The Morgan fingerprint density at radius 1 is 1.53 bits per heavy atom. The molecule has 1 aromatic carbocycles. The molecule has 0 aliphatic rings. The summed E-state index contributed by atoms with van der Waals surface area (Å²) < 4.78 is 1.82. The van der Waals surface area contributed by atoms with Gasteiger partial charge in [-0.05, 0) is 13.0 Å². The van der Waals surface area contributed by atoms with E-state index in [1.807, 2.05) is 35.9 Å². The molecule has 0 saturated heterocycles. The summed E-state index contributed by atoms with van der Waals surface area (Å²) in [5.74, 6) is -1.07. The van der Waals surface area contributed by atoms with E-state index in [0.29, 0.717) is 18.6 Å². The highest BCUT2D eigenvalue weighted by Gasteiger charge is 2.20. The van der Waals surface area contributed by atoms with Gasteiger partial charge in [-0.2, -0.15) is 5.10 Å². The van der Waals surface area contributed by atoms with Crippen LogP contribution in [0.3, 0.4) is 0 Å². The smallest absolute Gasteiger partial charge is 0.326 e. The Morgan fingerprint density at radius 3 is 2.89 bits per heavy atom. The number of hydrogen-bond donors (Lipinski definition) is 2. The third-order valence-corrected chi connectivity index (χ3v) is 3.00. The first-order chi connectivity index (χ1) is 9.17. The number of aliphatic carboxylic acids is 1. The van der Waals surface area contributed by atoms with Crippen molar-refractivity contribution in [2.24, 2.45) is 0 Å². The van der Waals surface area contributed by atoms with Crippen molar-refractivity contribution in [1.29, 1.82) is 0 Å². The lowest BCUT2D eigenvalue weighted by atomic mass is 10.1. The number of carbonyl (C=O) groups excluding carboxylic acids is 1. The summed E-state index contributed by atoms with van der Waals surface area (Å²) in [4.78, 5) is 21.5. The Kier molecular flexibility index (Phi) is 3.79. The molecular formula is C13H15N3O3. The van der Waals surface area contributed by atoms with Crippen molar-refractivity contribution in [1.82, 2.24) is 15.1 Å². The molecule has 2 N–H and O–H groups in total. The quantitative estimate of drug-likeness (QED) is 0.753. The number of aryl methyl sites for hydroxylation is 1. The van der Waals surface area contributed by atoms with Crippen molar-refractivity contribution >= 4 is 23.3 Å². The van der Waals surface area contributed by atoms with Crippen molar-refractivity contribution in [2.75, 3.05) is 0 Å². The lowest BCUT2D eigenvalue weighted by Gasteiger charge is -2.09. The lowest BCUT2D eigenvalue weighted by molar-refractivity contribution is -0.140. The summed E-state index contributed by atoms with van der Waals surface area (Å²) >= 11 is 0. The van der Waals surface area contributed by atoms with E-state index in [2.05, 4.69) is 10.4 Å². The van der Waals surface area contributed by atoms with Crippen molar-refractivity contribution < 1.29 is 14.7 Å². The highest BCUT2D eigenvalue weighted by Crippen LogP contribution is 2.19. The summed E-state index contributed by atoms with van der Waals surface area (Å²) in [6.07, 6.45) is 0.569. The van der Waals surface area contributed by atoms with Gasteiger partial charge >= 0.3 is 5.97 Å². The van der Waals surface area contributed by atoms with Gasteiger partial charge in [0.05, 0.1) is 11.2 Å². The summed E-state index contributed by atoms with van der Waals surface area (Å²) in [7, 11) is 0. The van der Waals surface area contributed by atoms with Crippen LogP contribution < -0.4 is 5.32 Å². The molecule has 6 heteroatoms. The molecular weight excluding hydrogens is 246 g/mol. The Hall–Kier alpha value is -2.37. The molecule has 1 atom stereocenters. The second kappa shape index (κ2) is 5.51. The number of nitrogens with zero attached hydrogens (tertiary/aromatic N) is 2. The van der Waals surface area contributed by atoms with Gasteiger partial charge in [-0.3, -0.25) is 9.48 Å². The fraction of sp³-hybridized carbons (Fsp3) is 0.308. The van der Waals surface area contributed by atoms with Crippen LogP contribution in [0.25, 0.3) is 10.9 Å². The molecule has 1 heterocycles. The standard InChI is InChI=1S/C13H15N3O3/c1-2-16-12-6-4-3-5-9(12)10(15-16)7-11(13(18)19)14-8-17/h3-6,8,11H,2,7H2,1H3,(H,14,17)(H,18,19). The minimum atomic E-state index is -1.07. The maximum absolute atomic E-state index is 11.1. The number of carboxylic acid groups (broad SMARTS) is 1. The monoisotopic (exact) mass is 261 g/mol. The van der Waals surface area contributed by atoms with Crippen LogP contribution in [-0.2, 0) is 22.6 Å². The van der Waals surface area contributed by atoms with Crippen molar-refractivity contribution in [2.45, 2.75) is 25.9 Å². The highest BCUT2D eigenvalue weighted by atomic mass is 16.4. The summed E-state index contributed by atoms with van der Waals surface area (Å²) in [5.41, 5.74) is 1.65. The first-order valence-electron chi connectivity index (χ1n) is 6.04. The predicted octanol–water partition coefficient (Wildman–Crippen LogP) is 0.798. The van der Waals surface area contributed by atoms with E-state index in [1.165, 1.54) is 0 Å². The zero-order chi connectivity index (χ0) is 13.8. The van der Waals surface area contributed by atoms with Crippen molar-refractivity contribution in [3.8, 4) is 0 Å². The second-order valence-corrected chi connectivity index (χ2v) is 4.16. The molecule has 0 saturated carbocycles. The number of amides is 1. The number of benzene rings is 1.